The van der Waals surface area contributed by atoms with E-state index >= 15 is 0 Å². The number of hydrogen-bond acceptors (Lipinski definition) is 4. The standard InChI is InChI=1S/C16H26N4O2S/c1-23(2,22)18-10-9-17-16(21)19-15-8-11-20(13-15)12-14-6-4-3-5-7-14/h3-7,15H,8-13H2,1-2H3,(H2,17,19,21)/t15-/m1/s1. The number of hydrogen-bond donors (Lipinski definition) is 2. The summed E-state index contributed by atoms with van der Waals surface area (Å²) in [7, 11) is -2.08. The first-order valence-electron chi connectivity index (χ1n) is 7.86. The molecule has 2 amide bonds. The number of nitrogens with one attached hydrogen (secondary N) is 2. The molecule has 6 nitrogen and oxygen atoms in total. The van der Waals surface area contributed by atoms with Gasteiger partial charge in [0.05, 0.1) is 6.54 Å². The predicted octanol–water partition coefficient (Wildman–Crippen LogP) is 1.29. The molecule has 1 aromatic rings. The SMILES string of the molecule is CS(C)(=O)=NCCNC(=O)N[C@@H]1CCN(Cc2ccccc2)C1. The second-order valence-electron chi connectivity index (χ2n) is 6.14. The maximum absolute atomic E-state index is 11.8. The summed E-state index contributed by atoms with van der Waals surface area (Å²) < 4.78 is 15.4. The number of carbonyl (C=O) groups excluding carboxylic acids is 1. The normalized spacial score (nSPS) is 18.6. The van der Waals surface area contributed by atoms with Gasteiger partial charge in [-0.1, -0.05) is 30.3 Å². The van der Waals surface area contributed by atoms with Crippen molar-refractivity contribution in [3.63, 3.8) is 0 Å². The van der Waals surface area contributed by atoms with Crippen LogP contribution in [0.1, 0.15) is 12.0 Å². The van der Waals surface area contributed by atoms with Crippen molar-refractivity contribution in [1.29, 1.82) is 0 Å². The molecule has 1 aromatic carbocycles. The van der Waals surface area contributed by atoms with Gasteiger partial charge >= 0.3 is 6.03 Å². The van der Waals surface area contributed by atoms with Crippen molar-refractivity contribution in [2.75, 3.05) is 38.7 Å². The average molecular weight is 338 g/mol. The fourth-order valence-electron chi connectivity index (χ4n) is 2.61. The van der Waals surface area contributed by atoms with Crippen LogP contribution in [0.3, 0.4) is 0 Å². The van der Waals surface area contributed by atoms with Gasteiger partial charge in [0.15, 0.2) is 0 Å². The van der Waals surface area contributed by atoms with Gasteiger partial charge in [-0.3, -0.25) is 9.11 Å². The van der Waals surface area contributed by atoms with E-state index in [1.54, 1.807) is 12.5 Å². The lowest BCUT2D eigenvalue weighted by Crippen LogP contribution is -2.44. The molecular weight excluding hydrogens is 312 g/mol. The topological polar surface area (TPSA) is 73.8 Å². The van der Waals surface area contributed by atoms with Crippen molar-refractivity contribution in [2.45, 2.75) is 19.0 Å². The molecule has 0 saturated carbocycles. The number of carbonyl (C=O) groups is 1. The number of rotatable bonds is 6. The molecule has 1 aliphatic rings. The largest absolute Gasteiger partial charge is 0.336 e. The summed E-state index contributed by atoms with van der Waals surface area (Å²) >= 11 is 0. The summed E-state index contributed by atoms with van der Waals surface area (Å²) in [6.07, 6.45) is 4.14. The zero-order valence-corrected chi connectivity index (χ0v) is 14.6. The Morgan fingerprint density at radius 1 is 1.35 bits per heavy atom. The molecule has 1 atom stereocenters. The van der Waals surface area contributed by atoms with Crippen LogP contribution in [-0.2, 0) is 16.3 Å². The summed E-state index contributed by atoms with van der Waals surface area (Å²) in [5.74, 6) is 0. The van der Waals surface area contributed by atoms with Crippen molar-refractivity contribution in [2.24, 2.45) is 4.36 Å². The number of likely N-dealkylation sites (tertiary alicyclic amines) is 1. The van der Waals surface area contributed by atoms with E-state index < -0.39 is 9.73 Å². The van der Waals surface area contributed by atoms with E-state index in [2.05, 4.69) is 32.0 Å². The maximum atomic E-state index is 11.8. The first-order chi connectivity index (χ1) is 10.9. The minimum Gasteiger partial charge on any atom is -0.336 e. The van der Waals surface area contributed by atoms with Crippen molar-refractivity contribution in [3.8, 4) is 0 Å². The van der Waals surface area contributed by atoms with E-state index in [-0.39, 0.29) is 12.1 Å². The van der Waals surface area contributed by atoms with Crippen LogP contribution in [-0.4, -0.2) is 59.9 Å². The Morgan fingerprint density at radius 3 is 2.78 bits per heavy atom. The molecule has 0 unspecified atom stereocenters. The molecule has 0 aromatic heterocycles. The van der Waals surface area contributed by atoms with Gasteiger partial charge in [-0.05, 0) is 12.0 Å². The Balaban J connectivity index is 1.67. The third-order valence-corrected chi connectivity index (χ3v) is 4.46. The van der Waals surface area contributed by atoms with Gasteiger partial charge in [0, 0.05) is 54.5 Å². The summed E-state index contributed by atoms with van der Waals surface area (Å²) in [6, 6.07) is 10.4. The van der Waals surface area contributed by atoms with E-state index in [1.165, 1.54) is 5.56 Å². The minimum atomic E-state index is -2.08. The van der Waals surface area contributed by atoms with Crippen LogP contribution in [0.4, 0.5) is 4.79 Å². The molecule has 23 heavy (non-hydrogen) atoms. The monoisotopic (exact) mass is 338 g/mol. The quantitative estimate of drug-likeness (QED) is 0.768. The van der Waals surface area contributed by atoms with E-state index in [1.807, 2.05) is 18.2 Å². The van der Waals surface area contributed by atoms with Gasteiger partial charge in [0.2, 0.25) is 0 Å². The molecular formula is C16H26N4O2S. The third-order valence-electron chi connectivity index (χ3n) is 3.66. The third kappa shape index (κ3) is 7.00. The number of urea groups is 1. The van der Waals surface area contributed by atoms with E-state index in [4.69, 9.17) is 0 Å². The second-order valence-corrected chi connectivity index (χ2v) is 8.76. The van der Waals surface area contributed by atoms with Crippen molar-refractivity contribution in [1.82, 2.24) is 15.5 Å². The van der Waals surface area contributed by atoms with Crippen LogP contribution in [0.2, 0.25) is 0 Å². The molecule has 2 N–H and O–H groups in total. The molecule has 1 saturated heterocycles. The van der Waals surface area contributed by atoms with Crippen LogP contribution in [0.25, 0.3) is 0 Å². The van der Waals surface area contributed by atoms with Crippen molar-refractivity contribution in [3.05, 3.63) is 35.9 Å². The number of amides is 2. The molecule has 1 heterocycles. The van der Waals surface area contributed by atoms with Crippen LogP contribution in [0.15, 0.2) is 34.7 Å². The summed E-state index contributed by atoms with van der Waals surface area (Å²) in [4.78, 5) is 14.2. The highest BCUT2D eigenvalue weighted by Crippen LogP contribution is 2.13. The van der Waals surface area contributed by atoms with E-state index in [9.17, 15) is 9.00 Å². The average Bonchev–Trinajstić information content (AvgIpc) is 2.91. The molecule has 0 bridgehead atoms. The smallest absolute Gasteiger partial charge is 0.315 e. The van der Waals surface area contributed by atoms with Gasteiger partial charge in [-0.15, -0.1) is 0 Å². The van der Waals surface area contributed by atoms with Crippen LogP contribution >= 0.6 is 0 Å². The number of nitrogens with zero attached hydrogens (tertiary/aromatic N) is 2. The second kappa shape index (κ2) is 8.31. The van der Waals surface area contributed by atoms with Gasteiger partial charge < -0.3 is 10.6 Å². The lowest BCUT2D eigenvalue weighted by atomic mass is 10.2. The molecule has 1 fully saturated rings. The Hall–Kier alpha value is -1.60. The molecule has 0 aliphatic carbocycles. The summed E-state index contributed by atoms with van der Waals surface area (Å²) in [5.41, 5.74) is 1.29. The first-order valence-corrected chi connectivity index (χ1v) is 10.2. The molecule has 0 radical (unpaired) electrons. The van der Waals surface area contributed by atoms with Gasteiger partial charge in [0.25, 0.3) is 0 Å². The van der Waals surface area contributed by atoms with E-state index in [0.717, 1.165) is 26.1 Å². The molecule has 7 heteroatoms. The van der Waals surface area contributed by atoms with Crippen LogP contribution in [0.5, 0.6) is 0 Å². The highest BCUT2D eigenvalue weighted by atomic mass is 32.2. The molecule has 2 rings (SSSR count). The van der Waals surface area contributed by atoms with Crippen molar-refractivity contribution < 1.29 is 9.00 Å². The zero-order chi connectivity index (χ0) is 16.7. The summed E-state index contributed by atoms with van der Waals surface area (Å²) in [6.45, 7) is 3.56. The highest BCUT2D eigenvalue weighted by Gasteiger charge is 2.23. The van der Waals surface area contributed by atoms with E-state index in [0.29, 0.717) is 13.1 Å². The maximum Gasteiger partial charge on any atom is 0.315 e. The van der Waals surface area contributed by atoms with Crippen LogP contribution < -0.4 is 10.6 Å². The molecule has 0 spiro atoms. The molecule has 128 valence electrons. The van der Waals surface area contributed by atoms with Crippen molar-refractivity contribution >= 4 is 15.8 Å². The Bertz CT molecular complexity index is 618. The van der Waals surface area contributed by atoms with Gasteiger partial charge in [0.1, 0.15) is 0 Å². The predicted molar refractivity (Wildman–Crippen MR) is 93.9 cm³/mol. The zero-order valence-electron chi connectivity index (χ0n) is 13.8. The molecule has 1 aliphatic heterocycles. The van der Waals surface area contributed by atoms with Gasteiger partial charge in [-0.25, -0.2) is 9.16 Å². The number of benzene rings is 1. The van der Waals surface area contributed by atoms with Crippen LogP contribution in [0, 0.1) is 0 Å². The lowest BCUT2D eigenvalue weighted by Gasteiger charge is -2.17. The highest BCUT2D eigenvalue weighted by molar-refractivity contribution is 7.92. The Morgan fingerprint density at radius 2 is 2.09 bits per heavy atom. The first kappa shape index (κ1) is 17.7. The fourth-order valence-corrected chi connectivity index (χ4v) is 3.14. The lowest BCUT2D eigenvalue weighted by molar-refractivity contribution is 0.236. The fraction of sp³-hybridized carbons (Fsp3) is 0.562. The Kier molecular flexibility index (Phi) is 6.41. The summed E-state index contributed by atoms with van der Waals surface area (Å²) in [5, 5.41) is 5.75. The Labute approximate surface area is 138 Å². The van der Waals surface area contributed by atoms with Gasteiger partial charge in [-0.2, -0.15) is 0 Å². The minimum absolute atomic E-state index is 0.175.